The summed E-state index contributed by atoms with van der Waals surface area (Å²) in [6, 6.07) is 8.53. The van der Waals surface area contributed by atoms with Crippen LogP contribution in [0.3, 0.4) is 0 Å². The van der Waals surface area contributed by atoms with Gasteiger partial charge in [-0.15, -0.1) is 0 Å². The molecule has 4 heterocycles. The number of aromatic amines is 1. The number of carbonyl (C=O) groups excluding carboxylic acids is 1. The van der Waals surface area contributed by atoms with Crippen molar-refractivity contribution in [2.24, 2.45) is 0 Å². The van der Waals surface area contributed by atoms with Crippen molar-refractivity contribution in [2.45, 2.75) is 31.4 Å². The largest absolute Gasteiger partial charge is 0.483 e. The van der Waals surface area contributed by atoms with Gasteiger partial charge in [-0.2, -0.15) is 0 Å². The molecule has 5 rings (SSSR count). The van der Waals surface area contributed by atoms with Gasteiger partial charge in [-0.25, -0.2) is 9.78 Å². The van der Waals surface area contributed by atoms with Crippen LogP contribution in [0.2, 0.25) is 0 Å². The molecule has 0 amide bonds. The standard InChI is InChI=1S/C22H24N4O3.CH2O2/c1-28-21(27)19-13-23-15(12-24-19)14-26-9-7-22(8-10-26)20-17(6-11-29-22)16-4-2-3-5-18(16)25-20;2-1-3/h2-5,12-13,25H,6-11,14H2,1H3;1H,(H,2,3). The first-order valence-electron chi connectivity index (χ1n) is 10.5. The van der Waals surface area contributed by atoms with Crippen LogP contribution >= 0.6 is 0 Å². The minimum atomic E-state index is -0.465. The first-order chi connectivity index (χ1) is 15.6. The van der Waals surface area contributed by atoms with Gasteiger partial charge in [-0.3, -0.25) is 14.7 Å². The molecule has 3 aromatic rings. The highest BCUT2D eigenvalue weighted by molar-refractivity contribution is 5.86. The molecule has 0 bridgehead atoms. The molecule has 2 aliphatic heterocycles. The van der Waals surface area contributed by atoms with Gasteiger partial charge in [0.25, 0.3) is 6.47 Å². The average Bonchev–Trinajstić information content (AvgIpc) is 3.22. The quantitative estimate of drug-likeness (QED) is 0.473. The van der Waals surface area contributed by atoms with Gasteiger partial charge in [0.2, 0.25) is 0 Å². The smallest absolute Gasteiger partial charge is 0.358 e. The van der Waals surface area contributed by atoms with Crippen molar-refractivity contribution in [3.8, 4) is 0 Å². The molecule has 0 saturated carbocycles. The van der Waals surface area contributed by atoms with Crippen LogP contribution in [0.25, 0.3) is 10.9 Å². The van der Waals surface area contributed by atoms with Crippen molar-refractivity contribution < 1.29 is 24.2 Å². The van der Waals surface area contributed by atoms with Crippen LogP contribution in [0, 0.1) is 0 Å². The Morgan fingerprint density at radius 1 is 1.28 bits per heavy atom. The number of carbonyl (C=O) groups is 2. The molecule has 1 aromatic carbocycles. The van der Waals surface area contributed by atoms with Gasteiger partial charge >= 0.3 is 5.97 Å². The SMILES string of the molecule is COC(=O)c1cnc(CN2CCC3(CC2)OCCc2c3[nH]c3ccccc23)cn1.O=CO. The van der Waals surface area contributed by atoms with Crippen molar-refractivity contribution in [3.63, 3.8) is 0 Å². The van der Waals surface area contributed by atoms with E-state index < -0.39 is 5.97 Å². The highest BCUT2D eigenvalue weighted by atomic mass is 16.5. The normalized spacial score (nSPS) is 17.3. The zero-order valence-corrected chi connectivity index (χ0v) is 17.9. The third-order valence-electron chi connectivity index (χ3n) is 6.15. The number of fused-ring (bicyclic) bond motifs is 4. The Hall–Kier alpha value is -3.30. The van der Waals surface area contributed by atoms with Crippen LogP contribution < -0.4 is 0 Å². The molecule has 32 heavy (non-hydrogen) atoms. The van der Waals surface area contributed by atoms with Crippen LogP contribution in [0.4, 0.5) is 0 Å². The van der Waals surface area contributed by atoms with E-state index >= 15 is 0 Å². The fourth-order valence-corrected chi connectivity index (χ4v) is 4.61. The molecule has 0 aliphatic carbocycles. The fourth-order valence-electron chi connectivity index (χ4n) is 4.61. The van der Waals surface area contributed by atoms with Gasteiger partial charge in [0.05, 0.1) is 37.5 Å². The Kier molecular flexibility index (Phi) is 6.48. The molecule has 1 fully saturated rings. The Morgan fingerprint density at radius 2 is 2.03 bits per heavy atom. The van der Waals surface area contributed by atoms with Crippen LogP contribution in [0.15, 0.2) is 36.7 Å². The number of piperidine rings is 1. The summed E-state index contributed by atoms with van der Waals surface area (Å²) >= 11 is 0. The molecular formula is C23H26N4O5. The zero-order chi connectivity index (χ0) is 22.6. The number of hydrogen-bond donors (Lipinski definition) is 2. The predicted molar refractivity (Wildman–Crippen MR) is 116 cm³/mol. The van der Waals surface area contributed by atoms with Crippen LogP contribution in [0.5, 0.6) is 0 Å². The maximum absolute atomic E-state index is 11.5. The lowest BCUT2D eigenvalue weighted by atomic mass is 9.83. The lowest BCUT2D eigenvalue weighted by Crippen LogP contribution is -2.46. The molecule has 0 atom stereocenters. The number of likely N-dealkylation sites (tertiary alicyclic amines) is 1. The first-order valence-corrected chi connectivity index (χ1v) is 10.5. The van der Waals surface area contributed by atoms with Crippen LogP contribution in [0.1, 0.15) is 40.3 Å². The molecule has 1 saturated heterocycles. The Bertz CT molecular complexity index is 1090. The molecule has 1 spiro atoms. The number of H-pyrrole nitrogens is 1. The maximum Gasteiger partial charge on any atom is 0.358 e. The number of ether oxygens (including phenoxy) is 2. The molecule has 168 valence electrons. The third-order valence-corrected chi connectivity index (χ3v) is 6.15. The zero-order valence-electron chi connectivity index (χ0n) is 17.9. The number of carboxylic acid groups (broad SMARTS) is 1. The van der Waals surface area contributed by atoms with Crippen molar-refractivity contribution in [3.05, 3.63) is 59.3 Å². The summed E-state index contributed by atoms with van der Waals surface area (Å²) in [6.07, 6.45) is 5.99. The Labute approximate surface area is 185 Å². The van der Waals surface area contributed by atoms with E-state index in [0.717, 1.165) is 44.7 Å². The molecular weight excluding hydrogens is 412 g/mol. The Morgan fingerprint density at radius 3 is 2.72 bits per heavy atom. The van der Waals surface area contributed by atoms with Crippen molar-refractivity contribution >= 4 is 23.3 Å². The molecule has 0 unspecified atom stereocenters. The van der Waals surface area contributed by atoms with E-state index in [1.807, 2.05) is 0 Å². The van der Waals surface area contributed by atoms with Gasteiger partial charge in [0, 0.05) is 30.5 Å². The molecule has 2 aliphatic rings. The van der Waals surface area contributed by atoms with E-state index in [1.165, 1.54) is 35.5 Å². The van der Waals surface area contributed by atoms with E-state index in [-0.39, 0.29) is 17.8 Å². The predicted octanol–water partition coefficient (Wildman–Crippen LogP) is 2.51. The van der Waals surface area contributed by atoms with Crippen LogP contribution in [-0.4, -0.2) is 64.2 Å². The fraction of sp³-hybridized carbons (Fsp3) is 0.391. The molecule has 9 nitrogen and oxygen atoms in total. The number of para-hydroxylation sites is 1. The number of methoxy groups -OCH3 is 1. The second-order valence-corrected chi connectivity index (χ2v) is 7.88. The van der Waals surface area contributed by atoms with Crippen LogP contribution in [-0.2, 0) is 32.8 Å². The molecule has 9 heteroatoms. The molecule has 2 aromatic heterocycles. The van der Waals surface area contributed by atoms with E-state index in [2.05, 4.69) is 48.9 Å². The van der Waals surface area contributed by atoms with E-state index in [1.54, 1.807) is 6.20 Å². The Balaban J connectivity index is 0.000000775. The maximum atomic E-state index is 11.5. The highest BCUT2D eigenvalue weighted by Gasteiger charge is 2.42. The van der Waals surface area contributed by atoms with Gasteiger partial charge in [-0.05, 0) is 30.9 Å². The van der Waals surface area contributed by atoms with Gasteiger partial charge in [-0.1, -0.05) is 18.2 Å². The summed E-state index contributed by atoms with van der Waals surface area (Å²) in [6.45, 7) is 3.09. The number of hydrogen-bond acceptors (Lipinski definition) is 7. The summed E-state index contributed by atoms with van der Waals surface area (Å²) in [5, 5.41) is 8.22. The molecule has 2 N–H and O–H groups in total. The van der Waals surface area contributed by atoms with E-state index in [4.69, 9.17) is 14.6 Å². The van der Waals surface area contributed by atoms with E-state index in [0.29, 0.717) is 6.54 Å². The number of aromatic nitrogens is 3. The van der Waals surface area contributed by atoms with Crippen molar-refractivity contribution in [1.29, 1.82) is 0 Å². The van der Waals surface area contributed by atoms with E-state index in [9.17, 15) is 4.79 Å². The average molecular weight is 438 g/mol. The van der Waals surface area contributed by atoms with Crippen molar-refractivity contribution in [2.75, 3.05) is 26.8 Å². The second kappa shape index (κ2) is 9.46. The first kappa shape index (κ1) is 21.9. The summed E-state index contributed by atoms with van der Waals surface area (Å²) in [5.41, 5.74) is 4.76. The number of rotatable bonds is 3. The van der Waals surface area contributed by atoms with Gasteiger partial charge < -0.3 is 19.6 Å². The summed E-state index contributed by atoms with van der Waals surface area (Å²) in [5.74, 6) is -0.465. The summed E-state index contributed by atoms with van der Waals surface area (Å²) < 4.78 is 11.0. The highest BCUT2D eigenvalue weighted by Crippen LogP contribution is 2.43. The minimum Gasteiger partial charge on any atom is -0.483 e. The number of esters is 1. The van der Waals surface area contributed by atoms with Gasteiger partial charge in [0.1, 0.15) is 5.60 Å². The second-order valence-electron chi connectivity index (χ2n) is 7.88. The number of benzene rings is 1. The number of nitrogens with zero attached hydrogens (tertiary/aromatic N) is 3. The summed E-state index contributed by atoms with van der Waals surface area (Å²) in [4.78, 5) is 34.4. The number of nitrogens with one attached hydrogen (secondary N) is 1. The lowest BCUT2D eigenvalue weighted by molar-refractivity contribution is -0.122. The van der Waals surface area contributed by atoms with Gasteiger partial charge in [0.15, 0.2) is 5.69 Å². The summed E-state index contributed by atoms with van der Waals surface area (Å²) in [7, 11) is 1.34. The monoisotopic (exact) mass is 438 g/mol. The topological polar surface area (TPSA) is 118 Å². The molecule has 0 radical (unpaired) electrons. The lowest BCUT2D eigenvalue weighted by Gasteiger charge is -2.43. The van der Waals surface area contributed by atoms with Crippen molar-refractivity contribution in [1.82, 2.24) is 19.9 Å². The minimum absolute atomic E-state index is 0.219. The third kappa shape index (κ3) is 4.21.